The normalized spacial score (nSPS) is 11.2. The number of halogens is 4. The number of pyridine rings is 1. The molecule has 25 heavy (non-hydrogen) atoms. The highest BCUT2D eigenvalue weighted by atomic mass is 35.5. The SMILES string of the molecule is COCCNC(=O)c1cncc(Nc2ccc(Cl)cc2C(F)(F)F)c1. The number of anilines is 2. The van der Waals surface area contributed by atoms with Gasteiger partial charge >= 0.3 is 6.18 Å². The minimum Gasteiger partial charge on any atom is -0.383 e. The Bertz CT molecular complexity index is 754. The molecule has 0 aliphatic heterocycles. The lowest BCUT2D eigenvalue weighted by Gasteiger charge is -2.15. The zero-order valence-electron chi connectivity index (χ0n) is 13.2. The summed E-state index contributed by atoms with van der Waals surface area (Å²) in [6.07, 6.45) is -1.93. The summed E-state index contributed by atoms with van der Waals surface area (Å²) in [7, 11) is 1.50. The van der Waals surface area contributed by atoms with E-state index in [1.165, 1.54) is 37.7 Å². The molecular weight excluding hydrogens is 359 g/mol. The molecule has 0 aliphatic carbocycles. The molecule has 2 aromatic rings. The van der Waals surface area contributed by atoms with Crippen LogP contribution in [0.15, 0.2) is 36.7 Å². The van der Waals surface area contributed by atoms with Gasteiger partial charge in [0.05, 0.1) is 35.3 Å². The lowest BCUT2D eigenvalue weighted by Crippen LogP contribution is -2.27. The predicted octanol–water partition coefficient (Wildman–Crippen LogP) is 3.87. The smallest absolute Gasteiger partial charge is 0.383 e. The van der Waals surface area contributed by atoms with Gasteiger partial charge in [-0.1, -0.05) is 11.6 Å². The van der Waals surface area contributed by atoms with Crippen LogP contribution >= 0.6 is 11.6 Å². The van der Waals surface area contributed by atoms with Gasteiger partial charge in [0.25, 0.3) is 5.91 Å². The van der Waals surface area contributed by atoms with Gasteiger partial charge in [-0.2, -0.15) is 13.2 Å². The van der Waals surface area contributed by atoms with Crippen LogP contribution in [0.3, 0.4) is 0 Å². The largest absolute Gasteiger partial charge is 0.418 e. The van der Waals surface area contributed by atoms with Crippen molar-refractivity contribution in [2.45, 2.75) is 6.18 Å². The summed E-state index contributed by atoms with van der Waals surface area (Å²) in [5.74, 6) is -0.402. The van der Waals surface area contributed by atoms with Crippen LogP contribution in [-0.4, -0.2) is 31.2 Å². The summed E-state index contributed by atoms with van der Waals surface area (Å²) < 4.78 is 44.2. The first-order valence-electron chi connectivity index (χ1n) is 7.17. The molecule has 2 rings (SSSR count). The van der Waals surface area contributed by atoms with Crippen molar-refractivity contribution >= 4 is 28.9 Å². The molecule has 0 spiro atoms. The van der Waals surface area contributed by atoms with Crippen LogP contribution < -0.4 is 10.6 Å². The van der Waals surface area contributed by atoms with Gasteiger partial charge in [0, 0.05) is 24.9 Å². The van der Waals surface area contributed by atoms with Crippen molar-refractivity contribution < 1.29 is 22.7 Å². The molecule has 1 aromatic carbocycles. The number of hydrogen-bond acceptors (Lipinski definition) is 4. The number of carbonyl (C=O) groups is 1. The van der Waals surface area contributed by atoms with Crippen molar-refractivity contribution in [2.24, 2.45) is 0 Å². The second kappa shape index (κ2) is 8.17. The Hall–Kier alpha value is -2.32. The standard InChI is InChI=1S/C16H15ClF3N3O2/c1-25-5-4-22-15(24)10-6-12(9-21-8-10)23-14-3-2-11(17)7-13(14)16(18,19)20/h2-3,6-9,23H,4-5H2,1H3,(H,22,24). The van der Waals surface area contributed by atoms with Crippen LogP contribution in [0, 0.1) is 0 Å². The fourth-order valence-corrected chi connectivity index (χ4v) is 2.19. The highest BCUT2D eigenvalue weighted by Crippen LogP contribution is 2.37. The minimum absolute atomic E-state index is 0.0257. The van der Waals surface area contributed by atoms with E-state index in [0.29, 0.717) is 13.2 Å². The van der Waals surface area contributed by atoms with Crippen molar-refractivity contribution in [2.75, 3.05) is 25.6 Å². The number of methoxy groups -OCH3 is 1. The van der Waals surface area contributed by atoms with E-state index < -0.39 is 17.6 Å². The van der Waals surface area contributed by atoms with Crippen LogP contribution in [0.5, 0.6) is 0 Å². The Morgan fingerprint density at radius 3 is 2.72 bits per heavy atom. The molecule has 0 radical (unpaired) electrons. The Kier molecular flexibility index (Phi) is 6.22. The maximum atomic E-state index is 13.1. The molecule has 0 bridgehead atoms. The number of hydrogen-bond donors (Lipinski definition) is 2. The predicted molar refractivity (Wildman–Crippen MR) is 88.2 cm³/mol. The van der Waals surface area contributed by atoms with Crippen molar-refractivity contribution in [3.8, 4) is 0 Å². The summed E-state index contributed by atoms with van der Waals surface area (Å²) in [5.41, 5.74) is -0.638. The fourth-order valence-electron chi connectivity index (χ4n) is 2.02. The third-order valence-corrected chi connectivity index (χ3v) is 3.39. The van der Waals surface area contributed by atoms with E-state index in [1.54, 1.807) is 0 Å². The molecule has 0 aliphatic rings. The number of amides is 1. The number of aromatic nitrogens is 1. The van der Waals surface area contributed by atoms with Crippen LogP contribution in [0.4, 0.5) is 24.5 Å². The van der Waals surface area contributed by atoms with Gasteiger partial charge in [-0.05, 0) is 24.3 Å². The Labute approximate surface area is 147 Å². The van der Waals surface area contributed by atoms with E-state index in [9.17, 15) is 18.0 Å². The first-order valence-corrected chi connectivity index (χ1v) is 7.55. The van der Waals surface area contributed by atoms with Gasteiger partial charge in [-0.25, -0.2) is 0 Å². The van der Waals surface area contributed by atoms with Gasteiger partial charge in [0.15, 0.2) is 0 Å². The summed E-state index contributed by atoms with van der Waals surface area (Å²) in [6, 6.07) is 4.80. The van der Waals surface area contributed by atoms with Gasteiger partial charge in [-0.3, -0.25) is 9.78 Å². The Balaban J connectivity index is 2.22. The molecular formula is C16H15ClF3N3O2. The average Bonchev–Trinajstić information content (AvgIpc) is 2.56. The van der Waals surface area contributed by atoms with Crippen LogP contribution in [0.2, 0.25) is 5.02 Å². The first-order chi connectivity index (χ1) is 11.8. The summed E-state index contributed by atoms with van der Waals surface area (Å²) in [5, 5.41) is 5.20. The zero-order chi connectivity index (χ0) is 18.4. The van der Waals surface area contributed by atoms with Crippen molar-refractivity contribution in [1.29, 1.82) is 0 Å². The monoisotopic (exact) mass is 373 g/mol. The third-order valence-electron chi connectivity index (χ3n) is 3.16. The van der Waals surface area contributed by atoms with Crippen molar-refractivity contribution in [3.05, 3.63) is 52.8 Å². The van der Waals surface area contributed by atoms with Gasteiger partial charge in [0.2, 0.25) is 0 Å². The number of nitrogens with zero attached hydrogens (tertiary/aromatic N) is 1. The summed E-state index contributed by atoms with van der Waals surface area (Å²) in [4.78, 5) is 15.8. The second-order valence-corrected chi connectivity index (χ2v) is 5.46. The van der Waals surface area contributed by atoms with Crippen molar-refractivity contribution in [3.63, 3.8) is 0 Å². The second-order valence-electron chi connectivity index (χ2n) is 5.02. The highest BCUT2D eigenvalue weighted by molar-refractivity contribution is 6.30. The van der Waals surface area contributed by atoms with E-state index in [-0.39, 0.29) is 22.0 Å². The number of rotatable bonds is 6. The van der Waals surface area contributed by atoms with Gasteiger partial charge in [0.1, 0.15) is 0 Å². The van der Waals surface area contributed by atoms with Crippen LogP contribution in [-0.2, 0) is 10.9 Å². The molecule has 5 nitrogen and oxygen atoms in total. The molecule has 0 saturated carbocycles. The Morgan fingerprint density at radius 1 is 1.28 bits per heavy atom. The highest BCUT2D eigenvalue weighted by Gasteiger charge is 2.33. The van der Waals surface area contributed by atoms with Gasteiger partial charge in [-0.15, -0.1) is 0 Å². The van der Waals surface area contributed by atoms with E-state index in [1.807, 2.05) is 0 Å². The molecule has 0 fully saturated rings. The lowest BCUT2D eigenvalue weighted by molar-refractivity contribution is -0.136. The maximum Gasteiger partial charge on any atom is 0.418 e. The molecule has 1 heterocycles. The molecule has 1 amide bonds. The van der Waals surface area contributed by atoms with E-state index in [0.717, 1.165) is 6.07 Å². The zero-order valence-corrected chi connectivity index (χ0v) is 13.9. The topological polar surface area (TPSA) is 63.2 Å². The minimum atomic E-state index is -4.57. The number of carbonyl (C=O) groups excluding carboxylic acids is 1. The quantitative estimate of drug-likeness (QED) is 0.754. The molecule has 2 N–H and O–H groups in total. The molecule has 0 saturated heterocycles. The average molecular weight is 374 g/mol. The Morgan fingerprint density at radius 2 is 2.04 bits per heavy atom. The summed E-state index contributed by atoms with van der Waals surface area (Å²) >= 11 is 5.65. The molecule has 9 heteroatoms. The van der Waals surface area contributed by atoms with Crippen LogP contribution in [0.25, 0.3) is 0 Å². The number of benzene rings is 1. The molecule has 0 unspecified atom stereocenters. The van der Waals surface area contributed by atoms with E-state index in [2.05, 4.69) is 15.6 Å². The van der Waals surface area contributed by atoms with E-state index in [4.69, 9.17) is 16.3 Å². The number of nitrogens with one attached hydrogen (secondary N) is 2. The van der Waals surface area contributed by atoms with Gasteiger partial charge < -0.3 is 15.4 Å². The lowest BCUT2D eigenvalue weighted by atomic mass is 10.1. The molecule has 1 aromatic heterocycles. The first kappa shape index (κ1) is 19.0. The van der Waals surface area contributed by atoms with Crippen LogP contribution in [0.1, 0.15) is 15.9 Å². The molecule has 134 valence electrons. The number of ether oxygens (including phenoxy) is 1. The van der Waals surface area contributed by atoms with Crippen molar-refractivity contribution in [1.82, 2.24) is 10.3 Å². The number of alkyl halides is 3. The fraction of sp³-hybridized carbons (Fsp3) is 0.250. The third kappa shape index (κ3) is 5.33. The maximum absolute atomic E-state index is 13.1. The summed E-state index contributed by atoms with van der Waals surface area (Å²) in [6.45, 7) is 0.652. The van der Waals surface area contributed by atoms with E-state index >= 15 is 0 Å². The molecule has 0 atom stereocenters.